The minimum absolute atomic E-state index is 0.00264. The van der Waals surface area contributed by atoms with Crippen LogP contribution in [0.1, 0.15) is 24.8 Å². The lowest BCUT2D eigenvalue weighted by Gasteiger charge is -2.10. The highest BCUT2D eigenvalue weighted by Gasteiger charge is 2.24. The molecule has 0 radical (unpaired) electrons. The number of rotatable bonds is 4. The molecule has 1 rings (SSSR count). The number of benzene rings is 1. The monoisotopic (exact) mass is 271 g/mol. The van der Waals surface area contributed by atoms with Crippen LogP contribution in [0.15, 0.2) is 24.3 Å². The summed E-state index contributed by atoms with van der Waals surface area (Å²) in [6, 6.07) is 6.31. The van der Waals surface area contributed by atoms with Crippen molar-refractivity contribution in [3.63, 3.8) is 0 Å². The van der Waals surface area contributed by atoms with Crippen LogP contribution in [0.5, 0.6) is 0 Å². The van der Waals surface area contributed by atoms with Crippen molar-refractivity contribution in [3.05, 3.63) is 39.9 Å². The van der Waals surface area contributed by atoms with Gasteiger partial charge in [-0.15, -0.1) is 0 Å². The lowest BCUT2D eigenvalue weighted by molar-refractivity contribution is -0.385. The van der Waals surface area contributed by atoms with Crippen LogP contribution < -0.4 is 0 Å². The quantitative estimate of drug-likeness (QED) is 0.481. The minimum atomic E-state index is -0.464. The molecule has 0 aliphatic carbocycles. The normalized spacial score (nSPS) is 12.1. The van der Waals surface area contributed by atoms with E-state index in [1.54, 1.807) is 18.2 Å². The SMILES string of the molecule is CCC(C(=O)Br)c1ccccc1[N+](=O)[O-]. The van der Waals surface area contributed by atoms with Crippen molar-refractivity contribution in [1.29, 1.82) is 0 Å². The Balaban J connectivity index is 3.22. The Morgan fingerprint density at radius 2 is 2.13 bits per heavy atom. The van der Waals surface area contributed by atoms with E-state index >= 15 is 0 Å². The van der Waals surface area contributed by atoms with Gasteiger partial charge in [0.15, 0.2) is 0 Å². The van der Waals surface area contributed by atoms with E-state index in [0.29, 0.717) is 12.0 Å². The third-order valence-electron chi connectivity index (χ3n) is 2.19. The number of hydrogen-bond donors (Lipinski definition) is 0. The van der Waals surface area contributed by atoms with E-state index in [-0.39, 0.29) is 10.4 Å². The van der Waals surface area contributed by atoms with E-state index in [1.165, 1.54) is 6.07 Å². The fourth-order valence-corrected chi connectivity index (χ4v) is 2.02. The van der Waals surface area contributed by atoms with Crippen molar-refractivity contribution < 1.29 is 9.72 Å². The van der Waals surface area contributed by atoms with Gasteiger partial charge in [0.2, 0.25) is 4.69 Å². The van der Waals surface area contributed by atoms with Crippen molar-refractivity contribution in [2.24, 2.45) is 0 Å². The average Bonchev–Trinajstić information content (AvgIpc) is 2.18. The summed E-state index contributed by atoms with van der Waals surface area (Å²) >= 11 is 2.86. The van der Waals surface area contributed by atoms with Gasteiger partial charge in [-0.3, -0.25) is 14.9 Å². The number of nitrogens with zero attached hydrogens (tertiary/aromatic N) is 1. The van der Waals surface area contributed by atoms with E-state index in [9.17, 15) is 14.9 Å². The topological polar surface area (TPSA) is 60.2 Å². The standard InChI is InChI=1S/C10H10BrNO3/c1-2-7(10(11)13)8-5-3-4-6-9(8)12(14)15/h3-7H,2H2,1H3. The summed E-state index contributed by atoms with van der Waals surface area (Å²) in [6.07, 6.45) is 0.537. The number of nitro groups is 1. The van der Waals surface area contributed by atoms with E-state index in [1.807, 2.05) is 6.92 Å². The molecule has 0 aliphatic rings. The van der Waals surface area contributed by atoms with Gasteiger partial charge >= 0.3 is 0 Å². The second-order valence-corrected chi connectivity index (χ2v) is 3.86. The second kappa shape index (κ2) is 5.02. The summed E-state index contributed by atoms with van der Waals surface area (Å²) in [5.41, 5.74) is 0.462. The molecule has 0 saturated carbocycles. The van der Waals surface area contributed by atoms with Crippen LogP contribution >= 0.6 is 15.9 Å². The smallest absolute Gasteiger partial charge is 0.273 e. The lowest BCUT2D eigenvalue weighted by atomic mass is 9.96. The van der Waals surface area contributed by atoms with Crippen molar-refractivity contribution in [1.82, 2.24) is 0 Å². The minimum Gasteiger partial charge on any atom is -0.286 e. The highest BCUT2D eigenvalue weighted by molar-refractivity contribution is 9.18. The molecule has 0 fully saturated rings. The zero-order valence-electron chi connectivity index (χ0n) is 8.14. The van der Waals surface area contributed by atoms with Crippen molar-refractivity contribution in [2.45, 2.75) is 19.3 Å². The molecule has 80 valence electrons. The summed E-state index contributed by atoms with van der Waals surface area (Å²) in [7, 11) is 0. The highest BCUT2D eigenvalue weighted by atomic mass is 79.9. The van der Waals surface area contributed by atoms with Gasteiger partial charge in [0.1, 0.15) is 0 Å². The summed E-state index contributed by atoms with van der Waals surface area (Å²) in [6.45, 7) is 1.82. The van der Waals surface area contributed by atoms with Crippen molar-refractivity contribution >= 4 is 26.3 Å². The maximum Gasteiger partial charge on any atom is 0.273 e. The number of para-hydroxylation sites is 1. The highest BCUT2D eigenvalue weighted by Crippen LogP contribution is 2.30. The van der Waals surface area contributed by atoms with Gasteiger partial charge in [0.25, 0.3) is 5.69 Å². The van der Waals surface area contributed by atoms with Gasteiger partial charge in [-0.25, -0.2) is 0 Å². The molecule has 0 saturated heterocycles. The molecule has 1 aromatic carbocycles. The number of halogens is 1. The predicted octanol–water partition coefficient (Wildman–Crippen LogP) is 3.01. The Bertz CT molecular complexity index is 392. The molecule has 4 nitrogen and oxygen atoms in total. The number of hydrogen-bond acceptors (Lipinski definition) is 3. The largest absolute Gasteiger partial charge is 0.286 e. The first-order valence-electron chi connectivity index (χ1n) is 4.50. The Morgan fingerprint density at radius 3 is 2.60 bits per heavy atom. The average molecular weight is 272 g/mol. The molecule has 5 heteroatoms. The van der Waals surface area contributed by atoms with Crippen LogP contribution in [0.3, 0.4) is 0 Å². The van der Waals surface area contributed by atoms with Gasteiger partial charge in [-0.05, 0) is 22.4 Å². The maximum absolute atomic E-state index is 11.2. The van der Waals surface area contributed by atoms with Crippen LogP contribution in [0, 0.1) is 10.1 Å². The summed E-state index contributed by atoms with van der Waals surface area (Å²) in [4.78, 5) is 21.5. The third kappa shape index (κ3) is 2.62. The molecular formula is C10H10BrNO3. The molecule has 0 spiro atoms. The van der Waals surface area contributed by atoms with E-state index < -0.39 is 10.8 Å². The second-order valence-electron chi connectivity index (χ2n) is 3.08. The zero-order valence-corrected chi connectivity index (χ0v) is 9.73. The molecular weight excluding hydrogens is 262 g/mol. The van der Waals surface area contributed by atoms with Gasteiger partial charge in [-0.1, -0.05) is 25.1 Å². The first kappa shape index (κ1) is 11.8. The van der Waals surface area contributed by atoms with Crippen LogP contribution in [-0.4, -0.2) is 9.62 Å². The van der Waals surface area contributed by atoms with Crippen LogP contribution in [-0.2, 0) is 4.79 Å². The van der Waals surface area contributed by atoms with Gasteiger partial charge < -0.3 is 0 Å². The lowest BCUT2D eigenvalue weighted by Crippen LogP contribution is -2.07. The van der Waals surface area contributed by atoms with E-state index in [4.69, 9.17) is 0 Å². The molecule has 0 amide bonds. The first-order valence-corrected chi connectivity index (χ1v) is 5.29. The fraction of sp³-hybridized carbons (Fsp3) is 0.300. The van der Waals surface area contributed by atoms with Gasteiger partial charge in [0, 0.05) is 11.6 Å². The number of nitro benzene ring substituents is 1. The zero-order chi connectivity index (χ0) is 11.4. The third-order valence-corrected chi connectivity index (χ3v) is 2.74. The molecule has 0 N–H and O–H groups in total. The fourth-order valence-electron chi connectivity index (χ4n) is 1.45. The van der Waals surface area contributed by atoms with Crippen LogP contribution in [0.2, 0.25) is 0 Å². The Hall–Kier alpha value is -1.23. The number of carbonyl (C=O) groups is 1. The van der Waals surface area contributed by atoms with Crippen LogP contribution in [0.25, 0.3) is 0 Å². The summed E-state index contributed by atoms with van der Waals surface area (Å²) in [5, 5.41) is 10.7. The molecule has 0 aliphatic heterocycles. The van der Waals surface area contributed by atoms with Crippen molar-refractivity contribution in [2.75, 3.05) is 0 Å². The van der Waals surface area contributed by atoms with Crippen molar-refractivity contribution in [3.8, 4) is 0 Å². The molecule has 15 heavy (non-hydrogen) atoms. The molecule has 1 unspecified atom stereocenters. The number of carbonyl (C=O) groups excluding carboxylic acids is 1. The Morgan fingerprint density at radius 1 is 1.53 bits per heavy atom. The van der Waals surface area contributed by atoms with E-state index in [2.05, 4.69) is 15.9 Å². The first-order chi connectivity index (χ1) is 7.07. The van der Waals surface area contributed by atoms with E-state index in [0.717, 1.165) is 0 Å². The van der Waals surface area contributed by atoms with Gasteiger partial charge in [-0.2, -0.15) is 0 Å². The maximum atomic E-state index is 11.2. The Labute approximate surface area is 95.6 Å². The van der Waals surface area contributed by atoms with Gasteiger partial charge in [0.05, 0.1) is 10.8 Å². The predicted molar refractivity (Wildman–Crippen MR) is 60.1 cm³/mol. The molecule has 1 aromatic rings. The molecule has 0 bridgehead atoms. The molecule has 0 heterocycles. The molecule has 1 atom stereocenters. The summed E-state index contributed by atoms with van der Waals surface area (Å²) in [5.74, 6) is -0.452. The van der Waals surface area contributed by atoms with Crippen LogP contribution in [0.4, 0.5) is 5.69 Å². The Kier molecular flexibility index (Phi) is 3.96. The summed E-state index contributed by atoms with van der Waals surface area (Å²) < 4.78 is -0.223. The molecule has 0 aromatic heterocycles.